The highest BCUT2D eigenvalue weighted by atomic mass is 32.2. The molecule has 0 radical (unpaired) electrons. The minimum absolute atomic E-state index is 0.332. The van der Waals surface area contributed by atoms with Crippen molar-refractivity contribution >= 4 is 27.7 Å². The zero-order valence-electron chi connectivity index (χ0n) is 19.2. The van der Waals surface area contributed by atoms with Crippen molar-refractivity contribution in [3.63, 3.8) is 0 Å². The second-order valence-electron chi connectivity index (χ2n) is 9.03. The number of rotatable bonds is 5. The number of hydrogen-bond acceptors (Lipinski definition) is 7. The predicted molar refractivity (Wildman–Crippen MR) is 131 cm³/mol. The number of nitrogens with zero attached hydrogens (tertiary/aromatic N) is 5. The molecule has 8 nitrogen and oxygen atoms in total. The molecule has 2 N–H and O–H groups in total. The molecule has 34 heavy (non-hydrogen) atoms. The molecule has 0 bridgehead atoms. The summed E-state index contributed by atoms with van der Waals surface area (Å²) in [7, 11) is -0.876. The molecule has 2 aromatic heterocycles. The molecule has 1 aromatic carbocycles. The summed E-state index contributed by atoms with van der Waals surface area (Å²) in [6.45, 7) is 3.71. The molecular formula is C24H29FN6O2S. The van der Waals surface area contributed by atoms with Crippen molar-refractivity contribution < 1.29 is 13.7 Å². The predicted octanol–water partition coefficient (Wildman–Crippen LogP) is 3.17. The maximum Gasteiger partial charge on any atom is 0.255 e. The molecule has 2 fully saturated rings. The fourth-order valence-corrected chi connectivity index (χ4v) is 5.73. The van der Waals surface area contributed by atoms with Crippen LogP contribution in [0.5, 0.6) is 5.75 Å². The van der Waals surface area contributed by atoms with Crippen molar-refractivity contribution in [1.29, 1.82) is 0 Å². The number of piperazine rings is 1. The number of aromatic nitrogens is 3. The molecule has 5 rings (SSSR count). The SMILES string of the molecule is CS(=O)N1CCN(C2CCC(Nc3ncnc4ccc(-c5cnc(F)c(O)c5)cc34)CC2)CC1. The second kappa shape index (κ2) is 9.89. The third kappa shape index (κ3) is 4.89. The quantitative estimate of drug-likeness (QED) is 0.537. The number of pyridine rings is 1. The third-order valence-corrected chi connectivity index (χ3v) is 8.07. The van der Waals surface area contributed by atoms with E-state index in [0.717, 1.165) is 74.1 Å². The number of aromatic hydroxyl groups is 1. The van der Waals surface area contributed by atoms with Gasteiger partial charge in [-0.15, -0.1) is 0 Å². The molecule has 3 heterocycles. The zero-order chi connectivity index (χ0) is 23.7. The number of fused-ring (bicyclic) bond motifs is 1. The minimum atomic E-state index is -0.881. The topological polar surface area (TPSA) is 94.5 Å². The van der Waals surface area contributed by atoms with E-state index in [4.69, 9.17) is 0 Å². The number of halogens is 1. The lowest BCUT2D eigenvalue weighted by molar-refractivity contribution is 0.111. The lowest BCUT2D eigenvalue weighted by Crippen LogP contribution is -2.51. The number of benzene rings is 1. The van der Waals surface area contributed by atoms with Gasteiger partial charge in [-0.25, -0.2) is 23.5 Å². The summed E-state index contributed by atoms with van der Waals surface area (Å²) < 4.78 is 27.1. The normalized spacial score (nSPS) is 23.1. The van der Waals surface area contributed by atoms with Crippen LogP contribution in [0.25, 0.3) is 22.0 Å². The van der Waals surface area contributed by atoms with Gasteiger partial charge in [0.25, 0.3) is 5.95 Å². The lowest BCUT2D eigenvalue weighted by atomic mass is 9.89. The first-order chi connectivity index (χ1) is 16.5. The Morgan fingerprint density at radius 1 is 1.03 bits per heavy atom. The molecule has 2 aliphatic rings. The van der Waals surface area contributed by atoms with E-state index in [0.29, 0.717) is 17.6 Å². The molecule has 0 amide bonds. The van der Waals surface area contributed by atoms with Gasteiger partial charge in [0.1, 0.15) is 12.1 Å². The highest BCUT2D eigenvalue weighted by Crippen LogP contribution is 2.31. The number of nitrogens with one attached hydrogen (secondary N) is 1. The Bertz CT molecular complexity index is 1200. The smallest absolute Gasteiger partial charge is 0.255 e. The standard InChI is InChI=1S/C24H29FN6O2S/c1-34(33)31-10-8-30(9-11-31)19-5-3-18(4-6-19)29-24-20-12-16(2-7-21(20)27-15-28-24)17-13-22(32)23(25)26-14-17/h2,7,12-15,18-19,32H,3-6,8-11H2,1H3,(H,27,28,29). The van der Waals surface area contributed by atoms with Gasteiger partial charge in [-0.05, 0) is 49.4 Å². The molecule has 3 aromatic rings. The Balaban J connectivity index is 1.26. The molecule has 1 aliphatic carbocycles. The van der Waals surface area contributed by atoms with Crippen LogP contribution >= 0.6 is 0 Å². The van der Waals surface area contributed by atoms with E-state index in [-0.39, 0.29) is 0 Å². The van der Waals surface area contributed by atoms with Crippen LogP contribution < -0.4 is 5.32 Å². The van der Waals surface area contributed by atoms with E-state index in [1.54, 1.807) is 12.6 Å². The Hall–Kier alpha value is -2.69. The summed E-state index contributed by atoms with van der Waals surface area (Å²) >= 11 is 0. The first-order valence-corrected chi connectivity index (χ1v) is 13.2. The molecule has 1 aliphatic heterocycles. The fraction of sp³-hybridized carbons (Fsp3) is 0.458. The van der Waals surface area contributed by atoms with Gasteiger partial charge >= 0.3 is 0 Å². The van der Waals surface area contributed by atoms with Crippen molar-refractivity contribution in [3.8, 4) is 16.9 Å². The van der Waals surface area contributed by atoms with E-state index < -0.39 is 22.7 Å². The number of hydrogen-bond donors (Lipinski definition) is 2. The summed E-state index contributed by atoms with van der Waals surface area (Å²) in [6.07, 6.45) is 9.11. The van der Waals surface area contributed by atoms with Gasteiger partial charge in [0.05, 0.1) is 16.5 Å². The molecule has 0 spiro atoms. The van der Waals surface area contributed by atoms with E-state index in [9.17, 15) is 13.7 Å². The van der Waals surface area contributed by atoms with Gasteiger partial charge in [-0.1, -0.05) is 6.07 Å². The lowest BCUT2D eigenvalue weighted by Gasteiger charge is -2.41. The molecule has 10 heteroatoms. The second-order valence-corrected chi connectivity index (χ2v) is 10.4. The Morgan fingerprint density at radius 3 is 2.50 bits per heavy atom. The van der Waals surface area contributed by atoms with Crippen LogP contribution in [0.3, 0.4) is 0 Å². The number of anilines is 1. The maximum absolute atomic E-state index is 13.4. The van der Waals surface area contributed by atoms with Gasteiger partial charge in [0, 0.05) is 61.7 Å². The zero-order valence-corrected chi connectivity index (χ0v) is 20.0. The minimum Gasteiger partial charge on any atom is -0.504 e. The van der Waals surface area contributed by atoms with Gasteiger partial charge in [0.2, 0.25) is 0 Å². The first kappa shape index (κ1) is 23.1. The van der Waals surface area contributed by atoms with Crippen LogP contribution in [0, 0.1) is 5.95 Å². The highest BCUT2D eigenvalue weighted by Gasteiger charge is 2.29. The van der Waals surface area contributed by atoms with Crippen LogP contribution in [0.2, 0.25) is 0 Å². The summed E-state index contributed by atoms with van der Waals surface area (Å²) in [4.78, 5) is 15.1. The Kier molecular flexibility index (Phi) is 6.71. The monoisotopic (exact) mass is 484 g/mol. The van der Waals surface area contributed by atoms with Gasteiger partial charge in [0.15, 0.2) is 5.75 Å². The fourth-order valence-electron chi connectivity index (χ4n) is 5.05. The maximum atomic E-state index is 13.4. The van der Waals surface area contributed by atoms with E-state index in [1.807, 2.05) is 22.5 Å². The summed E-state index contributed by atoms with van der Waals surface area (Å²) in [5.74, 6) is -0.567. The van der Waals surface area contributed by atoms with Crippen molar-refractivity contribution in [2.75, 3.05) is 37.8 Å². The molecule has 1 unspecified atom stereocenters. The third-order valence-electron chi connectivity index (χ3n) is 6.98. The van der Waals surface area contributed by atoms with E-state index in [2.05, 4.69) is 25.2 Å². The largest absolute Gasteiger partial charge is 0.504 e. The van der Waals surface area contributed by atoms with Crippen LogP contribution in [0.1, 0.15) is 25.7 Å². The van der Waals surface area contributed by atoms with Crippen molar-refractivity contribution in [3.05, 3.63) is 42.7 Å². The highest BCUT2D eigenvalue weighted by molar-refractivity contribution is 7.81. The van der Waals surface area contributed by atoms with Gasteiger partial charge < -0.3 is 10.4 Å². The van der Waals surface area contributed by atoms with Crippen molar-refractivity contribution in [2.24, 2.45) is 0 Å². The summed E-state index contributed by atoms with van der Waals surface area (Å²) in [6, 6.07) is 8.02. The average molecular weight is 485 g/mol. The van der Waals surface area contributed by atoms with Crippen LogP contribution in [0.15, 0.2) is 36.8 Å². The van der Waals surface area contributed by atoms with E-state index in [1.165, 1.54) is 12.3 Å². The van der Waals surface area contributed by atoms with Gasteiger partial charge in [-0.3, -0.25) is 4.90 Å². The molecule has 1 saturated heterocycles. The molecule has 180 valence electrons. The Labute approximate surface area is 200 Å². The van der Waals surface area contributed by atoms with Gasteiger partial charge in [-0.2, -0.15) is 4.39 Å². The first-order valence-electron chi connectivity index (χ1n) is 11.7. The van der Waals surface area contributed by atoms with Crippen LogP contribution in [0.4, 0.5) is 10.2 Å². The van der Waals surface area contributed by atoms with E-state index >= 15 is 0 Å². The Morgan fingerprint density at radius 2 is 1.79 bits per heavy atom. The molecule has 1 atom stereocenters. The molecular weight excluding hydrogens is 455 g/mol. The average Bonchev–Trinajstić information content (AvgIpc) is 2.86. The summed E-state index contributed by atoms with van der Waals surface area (Å²) in [5, 5.41) is 14.2. The van der Waals surface area contributed by atoms with Crippen molar-refractivity contribution in [2.45, 2.75) is 37.8 Å². The van der Waals surface area contributed by atoms with Crippen molar-refractivity contribution in [1.82, 2.24) is 24.2 Å². The van der Waals surface area contributed by atoms with Crippen LogP contribution in [-0.2, 0) is 11.0 Å². The molecule has 1 saturated carbocycles. The summed E-state index contributed by atoms with van der Waals surface area (Å²) in [5.41, 5.74) is 2.26. The van der Waals surface area contributed by atoms with Crippen LogP contribution in [-0.4, -0.2) is 78.0 Å².